The van der Waals surface area contributed by atoms with Crippen LogP contribution in [0.4, 0.5) is 11.4 Å². The van der Waals surface area contributed by atoms with Gasteiger partial charge in [0, 0.05) is 25.0 Å². The average Bonchev–Trinajstić information content (AvgIpc) is 2.27. The van der Waals surface area contributed by atoms with E-state index in [0.29, 0.717) is 0 Å². The Morgan fingerprint density at radius 3 is 2.38 bits per heavy atom. The van der Waals surface area contributed by atoms with Gasteiger partial charge < -0.3 is 10.6 Å². The number of benzene rings is 1. The van der Waals surface area contributed by atoms with E-state index in [4.69, 9.17) is 11.0 Å². The van der Waals surface area contributed by atoms with Gasteiger partial charge in [0.1, 0.15) is 0 Å². The minimum absolute atomic E-state index is 0.262. The van der Waals surface area contributed by atoms with Crippen molar-refractivity contribution in [3.8, 4) is 6.07 Å². The van der Waals surface area contributed by atoms with Crippen molar-refractivity contribution in [1.82, 2.24) is 0 Å². The Morgan fingerprint density at radius 1 is 1.31 bits per heavy atom. The molecule has 86 valence electrons. The molecule has 0 aliphatic rings. The third-order valence-corrected chi connectivity index (χ3v) is 2.71. The van der Waals surface area contributed by atoms with E-state index >= 15 is 0 Å². The second kappa shape index (κ2) is 4.89. The topological polar surface area (TPSA) is 53.0 Å². The second-order valence-electron chi connectivity index (χ2n) is 4.76. The molecule has 0 heterocycles. The van der Waals surface area contributed by atoms with Crippen LogP contribution in [0.1, 0.15) is 20.3 Å². The zero-order valence-electron chi connectivity index (χ0n) is 10.2. The maximum absolute atomic E-state index is 8.93. The molecule has 0 saturated carbocycles. The molecule has 0 atom stereocenters. The Bertz CT molecular complexity index is 373. The lowest BCUT2D eigenvalue weighted by molar-refractivity contribution is 0.455. The normalized spacial score (nSPS) is 10.9. The smallest absolute Gasteiger partial charge is 0.0684 e. The number of nitrogens with zero attached hydrogens (tertiary/aromatic N) is 2. The van der Waals surface area contributed by atoms with E-state index in [9.17, 15) is 0 Å². The molecule has 0 fully saturated rings. The van der Waals surface area contributed by atoms with E-state index in [1.54, 1.807) is 0 Å². The summed E-state index contributed by atoms with van der Waals surface area (Å²) in [7, 11) is 2.03. The fourth-order valence-electron chi connectivity index (χ4n) is 1.36. The maximum atomic E-state index is 8.93. The molecule has 3 heteroatoms. The molecule has 0 aromatic heterocycles. The highest BCUT2D eigenvalue weighted by molar-refractivity contribution is 5.52. The summed E-state index contributed by atoms with van der Waals surface area (Å²) >= 11 is 0. The zero-order valence-corrected chi connectivity index (χ0v) is 10.2. The van der Waals surface area contributed by atoms with E-state index in [-0.39, 0.29) is 5.41 Å². The Balaban J connectivity index is 2.57. The van der Waals surface area contributed by atoms with Gasteiger partial charge in [-0.25, -0.2) is 0 Å². The first-order valence-corrected chi connectivity index (χ1v) is 5.42. The van der Waals surface area contributed by atoms with E-state index in [0.717, 1.165) is 24.3 Å². The number of hydrogen-bond acceptors (Lipinski definition) is 3. The van der Waals surface area contributed by atoms with Crippen LogP contribution in [0.25, 0.3) is 0 Å². The van der Waals surface area contributed by atoms with Crippen LogP contribution in [0.15, 0.2) is 24.3 Å². The SMILES string of the molecule is CN(CCC(C)(C)C#N)c1ccc(N)cc1. The van der Waals surface area contributed by atoms with Crippen molar-refractivity contribution in [1.29, 1.82) is 5.26 Å². The van der Waals surface area contributed by atoms with Crippen molar-refractivity contribution >= 4 is 11.4 Å². The Hall–Kier alpha value is -1.69. The Labute approximate surface area is 97.5 Å². The standard InChI is InChI=1S/C13H19N3/c1-13(2,10-14)8-9-16(3)12-6-4-11(15)5-7-12/h4-7H,8-9,15H2,1-3H3. The Kier molecular flexibility index (Phi) is 3.78. The van der Waals surface area contributed by atoms with Crippen molar-refractivity contribution in [2.45, 2.75) is 20.3 Å². The monoisotopic (exact) mass is 217 g/mol. The van der Waals surface area contributed by atoms with Gasteiger partial charge in [0.05, 0.1) is 11.5 Å². The predicted molar refractivity (Wildman–Crippen MR) is 68.1 cm³/mol. The largest absolute Gasteiger partial charge is 0.399 e. The van der Waals surface area contributed by atoms with Gasteiger partial charge in [-0.2, -0.15) is 5.26 Å². The van der Waals surface area contributed by atoms with Gasteiger partial charge in [0.25, 0.3) is 0 Å². The molecule has 0 aliphatic carbocycles. The molecule has 0 bridgehead atoms. The van der Waals surface area contributed by atoms with Crippen molar-refractivity contribution in [3.63, 3.8) is 0 Å². The van der Waals surface area contributed by atoms with Gasteiger partial charge in [0.15, 0.2) is 0 Å². The quantitative estimate of drug-likeness (QED) is 0.789. The fourth-order valence-corrected chi connectivity index (χ4v) is 1.36. The van der Waals surface area contributed by atoms with Gasteiger partial charge in [-0.15, -0.1) is 0 Å². The summed E-state index contributed by atoms with van der Waals surface area (Å²) in [6.45, 7) is 4.79. The first kappa shape index (κ1) is 12.4. The molecular formula is C13H19N3. The first-order chi connectivity index (χ1) is 7.44. The highest BCUT2D eigenvalue weighted by Crippen LogP contribution is 2.21. The molecule has 0 saturated heterocycles. The van der Waals surface area contributed by atoms with E-state index in [1.807, 2.05) is 45.2 Å². The van der Waals surface area contributed by atoms with Crippen LogP contribution in [0.5, 0.6) is 0 Å². The van der Waals surface area contributed by atoms with Crippen LogP contribution in [0.2, 0.25) is 0 Å². The molecule has 0 aliphatic heterocycles. The molecule has 1 aromatic carbocycles. The van der Waals surface area contributed by atoms with Crippen LogP contribution in [-0.4, -0.2) is 13.6 Å². The lowest BCUT2D eigenvalue weighted by Gasteiger charge is -2.23. The maximum Gasteiger partial charge on any atom is 0.0684 e. The summed E-state index contributed by atoms with van der Waals surface area (Å²) < 4.78 is 0. The minimum Gasteiger partial charge on any atom is -0.399 e. The van der Waals surface area contributed by atoms with Gasteiger partial charge in [-0.3, -0.25) is 0 Å². The van der Waals surface area contributed by atoms with E-state index in [1.165, 1.54) is 0 Å². The molecular weight excluding hydrogens is 198 g/mol. The number of nitrogen functional groups attached to an aromatic ring is 1. The highest BCUT2D eigenvalue weighted by Gasteiger charge is 2.17. The minimum atomic E-state index is -0.262. The van der Waals surface area contributed by atoms with Crippen LogP contribution in [-0.2, 0) is 0 Å². The Morgan fingerprint density at radius 2 is 1.88 bits per heavy atom. The molecule has 2 N–H and O–H groups in total. The molecule has 0 radical (unpaired) electrons. The van der Waals surface area contributed by atoms with Gasteiger partial charge in [0.2, 0.25) is 0 Å². The van der Waals surface area contributed by atoms with E-state index in [2.05, 4.69) is 11.0 Å². The lowest BCUT2D eigenvalue weighted by Crippen LogP contribution is -2.23. The summed E-state index contributed by atoms with van der Waals surface area (Å²) in [5.74, 6) is 0. The fraction of sp³-hybridized carbons (Fsp3) is 0.462. The van der Waals surface area contributed by atoms with Crippen LogP contribution in [0, 0.1) is 16.7 Å². The summed E-state index contributed by atoms with van der Waals surface area (Å²) in [4.78, 5) is 2.14. The summed E-state index contributed by atoms with van der Waals surface area (Å²) in [5, 5.41) is 8.93. The number of rotatable bonds is 4. The van der Waals surface area contributed by atoms with Crippen molar-refractivity contribution in [3.05, 3.63) is 24.3 Å². The molecule has 0 amide bonds. The third-order valence-electron chi connectivity index (χ3n) is 2.71. The average molecular weight is 217 g/mol. The summed E-state index contributed by atoms with van der Waals surface area (Å²) in [5.41, 5.74) is 7.27. The number of nitrogens with two attached hydrogens (primary N) is 1. The van der Waals surface area contributed by atoms with Crippen molar-refractivity contribution in [2.24, 2.45) is 5.41 Å². The number of anilines is 2. The lowest BCUT2D eigenvalue weighted by atomic mass is 9.91. The third kappa shape index (κ3) is 3.47. The van der Waals surface area contributed by atoms with Gasteiger partial charge in [-0.05, 0) is 44.5 Å². The van der Waals surface area contributed by atoms with Gasteiger partial charge in [-0.1, -0.05) is 0 Å². The summed E-state index contributed by atoms with van der Waals surface area (Å²) in [6.07, 6.45) is 0.852. The van der Waals surface area contributed by atoms with Crippen molar-refractivity contribution < 1.29 is 0 Å². The molecule has 1 rings (SSSR count). The van der Waals surface area contributed by atoms with Crippen LogP contribution in [0.3, 0.4) is 0 Å². The molecule has 0 spiro atoms. The molecule has 1 aromatic rings. The molecule has 16 heavy (non-hydrogen) atoms. The number of hydrogen-bond donors (Lipinski definition) is 1. The molecule has 3 nitrogen and oxygen atoms in total. The summed E-state index contributed by atoms with van der Waals surface area (Å²) in [6, 6.07) is 10.1. The van der Waals surface area contributed by atoms with Crippen LogP contribution < -0.4 is 10.6 Å². The van der Waals surface area contributed by atoms with Crippen LogP contribution >= 0.6 is 0 Å². The van der Waals surface area contributed by atoms with Crippen molar-refractivity contribution in [2.75, 3.05) is 24.2 Å². The van der Waals surface area contributed by atoms with Gasteiger partial charge >= 0.3 is 0 Å². The predicted octanol–water partition coefficient (Wildman–Crippen LogP) is 2.64. The number of nitriles is 1. The van der Waals surface area contributed by atoms with E-state index < -0.39 is 0 Å². The molecule has 0 unspecified atom stereocenters. The first-order valence-electron chi connectivity index (χ1n) is 5.42. The second-order valence-corrected chi connectivity index (χ2v) is 4.76. The zero-order chi connectivity index (χ0) is 12.2. The highest BCUT2D eigenvalue weighted by atomic mass is 15.1.